The Morgan fingerprint density at radius 1 is 1.09 bits per heavy atom. The predicted octanol–water partition coefficient (Wildman–Crippen LogP) is 4.44. The summed E-state index contributed by atoms with van der Waals surface area (Å²) in [5, 5.41) is 11.3. The highest BCUT2D eigenvalue weighted by atomic mass is 16.5. The van der Waals surface area contributed by atoms with Crippen LogP contribution in [0.2, 0.25) is 0 Å². The summed E-state index contributed by atoms with van der Waals surface area (Å²) in [6, 6.07) is 11.7. The molecule has 174 valence electrons. The number of amides is 1. The summed E-state index contributed by atoms with van der Waals surface area (Å²) in [5.74, 6) is -0.527. The fourth-order valence-corrected chi connectivity index (χ4v) is 4.02. The maximum absolute atomic E-state index is 13.2. The van der Waals surface area contributed by atoms with Gasteiger partial charge in [-0.25, -0.2) is 0 Å². The molecular formula is C27H27N3O4. The standard InChI is InChI=1S/C27H27N3O4/c1-17(2)16-34-21-6-7-22(18(3)13-21)25(31)23-24(20-8-11-28-12-9-20)30(27(33)26(23)32)15-19-5-4-10-29-14-19/h4-14,17,24,31H,15-16H2,1-3H3/t24-/m0/s1. The monoisotopic (exact) mass is 457 g/mol. The predicted molar refractivity (Wildman–Crippen MR) is 128 cm³/mol. The van der Waals surface area contributed by atoms with Gasteiger partial charge in [-0.2, -0.15) is 0 Å². The van der Waals surface area contributed by atoms with Crippen LogP contribution >= 0.6 is 0 Å². The van der Waals surface area contributed by atoms with Gasteiger partial charge in [0.25, 0.3) is 11.7 Å². The van der Waals surface area contributed by atoms with Crippen molar-refractivity contribution in [1.29, 1.82) is 0 Å². The first-order chi connectivity index (χ1) is 16.4. The number of ketones is 1. The van der Waals surface area contributed by atoms with E-state index < -0.39 is 17.7 Å². The maximum Gasteiger partial charge on any atom is 0.295 e. The molecule has 1 atom stereocenters. The van der Waals surface area contributed by atoms with Crippen molar-refractivity contribution in [2.45, 2.75) is 33.4 Å². The number of ether oxygens (including phenoxy) is 1. The second kappa shape index (κ2) is 9.87. The summed E-state index contributed by atoms with van der Waals surface area (Å²) in [6.45, 7) is 6.73. The molecule has 7 heteroatoms. The molecule has 0 unspecified atom stereocenters. The normalized spacial score (nSPS) is 17.4. The van der Waals surface area contributed by atoms with Gasteiger partial charge in [-0.1, -0.05) is 19.9 Å². The van der Waals surface area contributed by atoms with Crippen molar-refractivity contribution in [1.82, 2.24) is 14.9 Å². The molecule has 1 aliphatic rings. The van der Waals surface area contributed by atoms with Crippen LogP contribution in [-0.4, -0.2) is 38.3 Å². The summed E-state index contributed by atoms with van der Waals surface area (Å²) < 4.78 is 5.78. The van der Waals surface area contributed by atoms with Crippen LogP contribution in [0.4, 0.5) is 0 Å². The maximum atomic E-state index is 13.2. The van der Waals surface area contributed by atoms with Gasteiger partial charge in [0.1, 0.15) is 11.5 Å². The fourth-order valence-electron chi connectivity index (χ4n) is 4.02. The number of rotatable bonds is 7. The van der Waals surface area contributed by atoms with E-state index in [2.05, 4.69) is 23.8 Å². The van der Waals surface area contributed by atoms with Gasteiger partial charge in [0.05, 0.1) is 18.2 Å². The zero-order chi connectivity index (χ0) is 24.2. The Morgan fingerprint density at radius 3 is 2.50 bits per heavy atom. The second-order valence-corrected chi connectivity index (χ2v) is 8.75. The number of Topliss-reactive ketones (excluding diaryl/α,β-unsaturated/α-hetero) is 1. The van der Waals surface area contributed by atoms with E-state index in [9.17, 15) is 14.7 Å². The third-order valence-electron chi connectivity index (χ3n) is 5.67. The summed E-state index contributed by atoms with van der Waals surface area (Å²) in [7, 11) is 0. The molecule has 7 nitrogen and oxygen atoms in total. The van der Waals surface area contributed by atoms with E-state index in [0.29, 0.717) is 29.4 Å². The highest BCUT2D eigenvalue weighted by molar-refractivity contribution is 6.46. The van der Waals surface area contributed by atoms with E-state index in [-0.39, 0.29) is 17.9 Å². The molecule has 3 heterocycles. The lowest BCUT2D eigenvalue weighted by Gasteiger charge is -2.25. The molecule has 1 aliphatic heterocycles. The molecular weight excluding hydrogens is 430 g/mol. The molecule has 1 fully saturated rings. The molecule has 1 N–H and O–H groups in total. The van der Waals surface area contributed by atoms with Crippen molar-refractivity contribution in [3.05, 3.63) is 95.1 Å². The topological polar surface area (TPSA) is 92.6 Å². The zero-order valence-corrected chi connectivity index (χ0v) is 19.4. The number of likely N-dealkylation sites (tertiary alicyclic amines) is 1. The van der Waals surface area contributed by atoms with Gasteiger partial charge < -0.3 is 14.7 Å². The first-order valence-corrected chi connectivity index (χ1v) is 11.2. The summed E-state index contributed by atoms with van der Waals surface area (Å²) >= 11 is 0. The van der Waals surface area contributed by atoms with Crippen LogP contribution in [0.25, 0.3) is 5.76 Å². The molecule has 0 spiro atoms. The third-order valence-corrected chi connectivity index (χ3v) is 5.67. The molecule has 0 saturated carbocycles. The lowest BCUT2D eigenvalue weighted by Crippen LogP contribution is -2.29. The quantitative estimate of drug-likeness (QED) is 0.320. The van der Waals surface area contributed by atoms with Gasteiger partial charge in [-0.3, -0.25) is 19.6 Å². The van der Waals surface area contributed by atoms with E-state index in [1.807, 2.05) is 19.1 Å². The van der Waals surface area contributed by atoms with E-state index in [1.54, 1.807) is 55.1 Å². The molecule has 1 aromatic carbocycles. The van der Waals surface area contributed by atoms with Gasteiger partial charge in [0.15, 0.2) is 0 Å². The van der Waals surface area contributed by atoms with Crippen molar-refractivity contribution in [3.63, 3.8) is 0 Å². The number of aliphatic hydroxyl groups excluding tert-OH is 1. The average Bonchev–Trinajstić information content (AvgIpc) is 3.08. The van der Waals surface area contributed by atoms with Crippen LogP contribution in [0, 0.1) is 12.8 Å². The van der Waals surface area contributed by atoms with Crippen LogP contribution < -0.4 is 4.74 Å². The highest BCUT2D eigenvalue weighted by Crippen LogP contribution is 2.40. The Balaban J connectivity index is 1.78. The average molecular weight is 458 g/mol. The molecule has 1 amide bonds. The lowest BCUT2D eigenvalue weighted by molar-refractivity contribution is -0.140. The van der Waals surface area contributed by atoms with Crippen LogP contribution in [0.5, 0.6) is 5.75 Å². The summed E-state index contributed by atoms with van der Waals surface area (Å²) in [4.78, 5) is 35.9. The number of carbonyl (C=O) groups is 2. The number of aryl methyl sites for hydroxylation is 1. The number of aromatic nitrogens is 2. The van der Waals surface area contributed by atoms with E-state index >= 15 is 0 Å². The van der Waals surface area contributed by atoms with Gasteiger partial charge in [-0.05, 0) is 65.9 Å². The Bertz CT molecular complexity index is 1220. The number of hydrogen-bond donors (Lipinski definition) is 1. The number of aliphatic hydroxyl groups is 1. The number of carbonyl (C=O) groups excluding carboxylic acids is 2. The summed E-state index contributed by atoms with van der Waals surface area (Å²) in [5.41, 5.74) is 2.75. The number of pyridine rings is 2. The largest absolute Gasteiger partial charge is 0.507 e. The molecule has 0 aliphatic carbocycles. The van der Waals surface area contributed by atoms with E-state index in [4.69, 9.17) is 4.74 Å². The molecule has 3 aromatic rings. The van der Waals surface area contributed by atoms with Gasteiger partial charge in [0.2, 0.25) is 0 Å². The molecule has 1 saturated heterocycles. The SMILES string of the molecule is Cc1cc(OCC(C)C)ccc1C(O)=C1C(=O)C(=O)N(Cc2cccnc2)[C@H]1c1ccncc1. The first-order valence-electron chi connectivity index (χ1n) is 11.2. The molecule has 2 aromatic heterocycles. The third kappa shape index (κ3) is 4.69. The smallest absolute Gasteiger partial charge is 0.295 e. The number of benzene rings is 1. The first kappa shape index (κ1) is 23.2. The lowest BCUT2D eigenvalue weighted by atomic mass is 9.94. The molecule has 0 radical (unpaired) electrons. The van der Waals surface area contributed by atoms with Crippen molar-refractivity contribution in [2.75, 3.05) is 6.61 Å². The Morgan fingerprint density at radius 2 is 1.85 bits per heavy atom. The van der Waals surface area contributed by atoms with Crippen molar-refractivity contribution in [2.24, 2.45) is 5.92 Å². The van der Waals surface area contributed by atoms with Crippen LogP contribution in [0.3, 0.4) is 0 Å². The van der Waals surface area contributed by atoms with Gasteiger partial charge >= 0.3 is 0 Å². The number of nitrogens with zero attached hydrogens (tertiary/aromatic N) is 3. The summed E-state index contributed by atoms with van der Waals surface area (Å²) in [6.07, 6.45) is 6.51. The van der Waals surface area contributed by atoms with Crippen molar-refractivity contribution >= 4 is 17.4 Å². The fraction of sp³-hybridized carbons (Fsp3) is 0.259. The Hall–Kier alpha value is -4.00. The minimum Gasteiger partial charge on any atom is -0.507 e. The van der Waals surface area contributed by atoms with Gasteiger partial charge in [-0.15, -0.1) is 0 Å². The van der Waals surface area contributed by atoms with Crippen LogP contribution in [-0.2, 0) is 16.1 Å². The molecule has 0 bridgehead atoms. The highest BCUT2D eigenvalue weighted by Gasteiger charge is 2.46. The molecule has 4 rings (SSSR count). The minimum atomic E-state index is -0.750. The van der Waals surface area contributed by atoms with Crippen LogP contribution in [0.1, 0.15) is 42.1 Å². The number of hydrogen-bond acceptors (Lipinski definition) is 6. The zero-order valence-electron chi connectivity index (χ0n) is 19.4. The van der Waals surface area contributed by atoms with E-state index in [1.165, 1.54) is 4.90 Å². The van der Waals surface area contributed by atoms with Crippen molar-refractivity contribution in [3.8, 4) is 5.75 Å². The van der Waals surface area contributed by atoms with Crippen LogP contribution in [0.15, 0.2) is 72.8 Å². The molecule has 34 heavy (non-hydrogen) atoms. The van der Waals surface area contributed by atoms with Crippen molar-refractivity contribution < 1.29 is 19.4 Å². The van der Waals surface area contributed by atoms with Gasteiger partial charge in [0, 0.05) is 36.9 Å². The Kier molecular flexibility index (Phi) is 6.72. The minimum absolute atomic E-state index is 0.0547. The Labute approximate surface area is 198 Å². The van der Waals surface area contributed by atoms with E-state index in [0.717, 1.165) is 11.1 Å². The second-order valence-electron chi connectivity index (χ2n) is 8.75.